The molecule has 0 radical (unpaired) electrons. The van der Waals surface area contributed by atoms with Crippen LogP contribution in [0.5, 0.6) is 0 Å². The van der Waals surface area contributed by atoms with E-state index in [9.17, 15) is 4.79 Å². The molecule has 2 aliphatic rings. The summed E-state index contributed by atoms with van der Waals surface area (Å²) in [5.74, 6) is 0.989. The summed E-state index contributed by atoms with van der Waals surface area (Å²) in [6.07, 6.45) is 9.31. The van der Waals surface area contributed by atoms with Gasteiger partial charge >= 0.3 is 0 Å². The highest BCUT2D eigenvalue weighted by Crippen LogP contribution is 2.38. The van der Waals surface area contributed by atoms with Gasteiger partial charge in [0.2, 0.25) is 5.91 Å². The molecule has 1 amide bonds. The Morgan fingerprint density at radius 3 is 2.41 bits per heavy atom. The zero-order chi connectivity index (χ0) is 11.4. The second-order valence-electron chi connectivity index (χ2n) is 5.69. The van der Waals surface area contributed by atoms with E-state index in [0.717, 1.165) is 25.3 Å². The van der Waals surface area contributed by atoms with Gasteiger partial charge in [0.1, 0.15) is 0 Å². The average molecular weight is 261 g/mol. The molecule has 3 N–H and O–H groups in total. The molecule has 17 heavy (non-hydrogen) atoms. The number of nitrogens with one attached hydrogen (secondary N) is 1. The molecule has 2 saturated carbocycles. The van der Waals surface area contributed by atoms with Gasteiger partial charge in [0.15, 0.2) is 0 Å². The smallest absolute Gasteiger partial charge is 0.220 e. The first-order valence-corrected chi connectivity index (χ1v) is 6.71. The van der Waals surface area contributed by atoms with Crippen LogP contribution in [0, 0.1) is 11.3 Å². The van der Waals surface area contributed by atoms with Crippen molar-refractivity contribution in [1.82, 2.24) is 5.32 Å². The van der Waals surface area contributed by atoms with E-state index in [-0.39, 0.29) is 23.7 Å². The average Bonchev–Trinajstić information content (AvgIpc) is 3.11. The van der Waals surface area contributed by atoms with Crippen LogP contribution in [0.4, 0.5) is 0 Å². The van der Waals surface area contributed by atoms with Crippen molar-refractivity contribution >= 4 is 18.3 Å². The molecule has 0 saturated heterocycles. The molecule has 4 heteroatoms. The highest BCUT2D eigenvalue weighted by molar-refractivity contribution is 5.85. The van der Waals surface area contributed by atoms with Crippen LogP contribution in [-0.4, -0.2) is 19.0 Å². The van der Waals surface area contributed by atoms with Gasteiger partial charge in [-0.1, -0.05) is 19.3 Å². The molecule has 3 nitrogen and oxygen atoms in total. The van der Waals surface area contributed by atoms with Crippen LogP contribution >= 0.6 is 12.4 Å². The quantitative estimate of drug-likeness (QED) is 0.797. The molecule has 2 fully saturated rings. The summed E-state index contributed by atoms with van der Waals surface area (Å²) in [7, 11) is 0. The van der Waals surface area contributed by atoms with Crippen molar-refractivity contribution in [3.8, 4) is 0 Å². The van der Waals surface area contributed by atoms with E-state index in [1.165, 1.54) is 32.1 Å². The molecular weight excluding hydrogens is 236 g/mol. The number of halogens is 1. The fraction of sp³-hybridized carbons (Fsp3) is 0.923. The Morgan fingerprint density at radius 2 is 1.88 bits per heavy atom. The molecule has 0 aliphatic heterocycles. The predicted octanol–water partition coefficient (Wildman–Crippen LogP) is 2.23. The lowest BCUT2D eigenvalue weighted by Gasteiger charge is -2.35. The van der Waals surface area contributed by atoms with Gasteiger partial charge in [-0.3, -0.25) is 4.79 Å². The molecule has 2 aliphatic carbocycles. The third-order valence-corrected chi connectivity index (χ3v) is 4.17. The summed E-state index contributed by atoms with van der Waals surface area (Å²) >= 11 is 0. The van der Waals surface area contributed by atoms with Crippen LogP contribution in [0.3, 0.4) is 0 Å². The summed E-state index contributed by atoms with van der Waals surface area (Å²) in [6, 6.07) is 0. The molecule has 0 bridgehead atoms. The number of rotatable bonds is 5. The second-order valence-corrected chi connectivity index (χ2v) is 5.69. The van der Waals surface area contributed by atoms with Gasteiger partial charge in [-0.25, -0.2) is 0 Å². The van der Waals surface area contributed by atoms with Gasteiger partial charge in [-0.15, -0.1) is 12.4 Å². The van der Waals surface area contributed by atoms with E-state index in [4.69, 9.17) is 5.73 Å². The molecule has 0 atom stereocenters. The van der Waals surface area contributed by atoms with Crippen LogP contribution in [-0.2, 0) is 4.79 Å². The Balaban J connectivity index is 0.00000144. The minimum absolute atomic E-state index is 0. The number of carbonyl (C=O) groups excluding carboxylic acids is 1. The van der Waals surface area contributed by atoms with Crippen molar-refractivity contribution in [2.24, 2.45) is 17.1 Å². The van der Waals surface area contributed by atoms with E-state index < -0.39 is 0 Å². The highest BCUT2D eigenvalue weighted by Gasteiger charge is 2.33. The SMILES string of the molecule is Cl.NCC1(CC(=O)NCC2CC2)CCCCC1. The number of hydrogen-bond acceptors (Lipinski definition) is 2. The van der Waals surface area contributed by atoms with Gasteiger partial charge in [0.25, 0.3) is 0 Å². The van der Waals surface area contributed by atoms with Crippen molar-refractivity contribution in [1.29, 1.82) is 0 Å². The molecule has 0 unspecified atom stereocenters. The normalized spacial score (nSPS) is 22.6. The lowest BCUT2D eigenvalue weighted by atomic mass is 9.71. The van der Waals surface area contributed by atoms with Crippen LogP contribution in [0.1, 0.15) is 51.4 Å². The summed E-state index contributed by atoms with van der Waals surface area (Å²) in [6.45, 7) is 1.56. The number of nitrogens with two attached hydrogens (primary N) is 1. The van der Waals surface area contributed by atoms with Crippen molar-refractivity contribution in [3.63, 3.8) is 0 Å². The summed E-state index contributed by atoms with van der Waals surface area (Å²) in [5, 5.41) is 3.06. The minimum atomic E-state index is 0. The Hall–Kier alpha value is -0.280. The molecule has 0 heterocycles. The standard InChI is InChI=1S/C13H24N2O.ClH/c14-10-13(6-2-1-3-7-13)8-12(16)15-9-11-4-5-11;/h11H,1-10,14H2,(H,15,16);1H. The van der Waals surface area contributed by atoms with Crippen LogP contribution in [0.25, 0.3) is 0 Å². The lowest BCUT2D eigenvalue weighted by Crippen LogP contribution is -2.39. The third-order valence-electron chi connectivity index (χ3n) is 4.17. The minimum Gasteiger partial charge on any atom is -0.356 e. The first-order chi connectivity index (χ1) is 7.74. The van der Waals surface area contributed by atoms with Crippen LogP contribution in [0.15, 0.2) is 0 Å². The topological polar surface area (TPSA) is 55.1 Å². The highest BCUT2D eigenvalue weighted by atomic mass is 35.5. The molecule has 100 valence electrons. The maximum Gasteiger partial charge on any atom is 0.220 e. The van der Waals surface area contributed by atoms with Crippen molar-refractivity contribution in [2.75, 3.05) is 13.1 Å². The summed E-state index contributed by atoms with van der Waals surface area (Å²) in [5.41, 5.74) is 5.99. The molecule has 0 aromatic carbocycles. The maximum absolute atomic E-state index is 11.8. The Labute approximate surface area is 110 Å². The third kappa shape index (κ3) is 4.47. The van der Waals surface area contributed by atoms with E-state index >= 15 is 0 Å². The van der Waals surface area contributed by atoms with Crippen LogP contribution in [0.2, 0.25) is 0 Å². The van der Waals surface area contributed by atoms with Gasteiger partial charge in [0.05, 0.1) is 0 Å². The number of amides is 1. The fourth-order valence-corrected chi connectivity index (χ4v) is 2.74. The lowest BCUT2D eigenvalue weighted by molar-refractivity contribution is -0.123. The van der Waals surface area contributed by atoms with Gasteiger partial charge in [-0.2, -0.15) is 0 Å². The Bertz CT molecular complexity index is 248. The molecule has 2 rings (SSSR count). The van der Waals surface area contributed by atoms with Crippen molar-refractivity contribution in [2.45, 2.75) is 51.4 Å². The fourth-order valence-electron chi connectivity index (χ4n) is 2.74. The van der Waals surface area contributed by atoms with E-state index in [2.05, 4.69) is 5.32 Å². The summed E-state index contributed by atoms with van der Waals surface area (Å²) < 4.78 is 0. The monoisotopic (exact) mass is 260 g/mol. The predicted molar refractivity (Wildman–Crippen MR) is 72.2 cm³/mol. The van der Waals surface area contributed by atoms with E-state index in [1.54, 1.807) is 0 Å². The van der Waals surface area contributed by atoms with Crippen LogP contribution < -0.4 is 11.1 Å². The Kier molecular flexibility index (Phi) is 5.74. The largest absolute Gasteiger partial charge is 0.356 e. The van der Waals surface area contributed by atoms with E-state index in [1.807, 2.05) is 0 Å². The number of hydrogen-bond donors (Lipinski definition) is 2. The maximum atomic E-state index is 11.8. The Morgan fingerprint density at radius 1 is 1.24 bits per heavy atom. The molecule has 0 aromatic heterocycles. The van der Waals surface area contributed by atoms with Crippen molar-refractivity contribution in [3.05, 3.63) is 0 Å². The second kappa shape index (κ2) is 6.60. The van der Waals surface area contributed by atoms with Crippen molar-refractivity contribution < 1.29 is 4.79 Å². The zero-order valence-corrected chi connectivity index (χ0v) is 11.4. The summed E-state index contributed by atoms with van der Waals surface area (Å²) in [4.78, 5) is 11.8. The van der Waals surface area contributed by atoms with Gasteiger partial charge in [-0.05, 0) is 43.6 Å². The number of carbonyl (C=O) groups is 1. The first kappa shape index (κ1) is 14.8. The first-order valence-electron chi connectivity index (χ1n) is 6.71. The zero-order valence-electron chi connectivity index (χ0n) is 10.5. The molecule has 0 spiro atoms. The molecule has 0 aromatic rings. The molecular formula is C13H25ClN2O. The van der Waals surface area contributed by atoms with E-state index in [0.29, 0.717) is 13.0 Å². The van der Waals surface area contributed by atoms with Gasteiger partial charge < -0.3 is 11.1 Å². The van der Waals surface area contributed by atoms with Gasteiger partial charge in [0, 0.05) is 13.0 Å².